The van der Waals surface area contributed by atoms with Crippen LogP contribution in [0.3, 0.4) is 0 Å². The highest BCUT2D eigenvalue weighted by Gasteiger charge is 2.42. The molecule has 0 saturated heterocycles. The predicted octanol–water partition coefficient (Wildman–Crippen LogP) is 4.19. The molecular weight excluding hydrogens is 354 g/mol. The van der Waals surface area contributed by atoms with Crippen LogP contribution in [0, 0.1) is 17.2 Å². The Morgan fingerprint density at radius 2 is 2.07 bits per heavy atom. The number of aryl methyl sites for hydroxylation is 1. The maximum Gasteiger partial charge on any atom is 0.235 e. The zero-order valence-electron chi connectivity index (χ0n) is 16.0. The molecule has 0 aliphatic heterocycles. The molecule has 142 valence electrons. The van der Waals surface area contributed by atoms with E-state index in [0.29, 0.717) is 0 Å². The van der Waals surface area contributed by atoms with Gasteiger partial charge in [0.05, 0.1) is 18.7 Å². The lowest BCUT2D eigenvalue weighted by molar-refractivity contribution is -0.121. The van der Waals surface area contributed by atoms with Crippen molar-refractivity contribution in [1.29, 1.82) is 5.26 Å². The van der Waals surface area contributed by atoms with Crippen LogP contribution in [0.25, 0.3) is 0 Å². The minimum atomic E-state index is -0.751. The molecule has 1 aliphatic carbocycles. The van der Waals surface area contributed by atoms with Gasteiger partial charge in [0, 0.05) is 4.88 Å². The Kier molecular flexibility index (Phi) is 6.30. The third kappa shape index (κ3) is 4.97. The third-order valence-electron chi connectivity index (χ3n) is 5.17. The van der Waals surface area contributed by atoms with Gasteiger partial charge in [0.1, 0.15) is 5.54 Å². The van der Waals surface area contributed by atoms with Crippen molar-refractivity contribution >= 4 is 17.2 Å². The van der Waals surface area contributed by atoms with Crippen molar-refractivity contribution in [3.05, 3.63) is 57.8 Å². The first-order chi connectivity index (χ1) is 13.1. The van der Waals surface area contributed by atoms with Crippen LogP contribution in [0.5, 0.6) is 0 Å². The number of nitrogens with one attached hydrogen (secondary N) is 2. The molecule has 1 aromatic heterocycles. The Bertz CT molecular complexity index is 790. The van der Waals surface area contributed by atoms with Crippen molar-refractivity contribution in [3.8, 4) is 6.07 Å². The molecule has 1 saturated carbocycles. The second kappa shape index (κ2) is 8.69. The molecule has 5 heteroatoms. The summed E-state index contributed by atoms with van der Waals surface area (Å²) in [6.45, 7) is 4.19. The minimum Gasteiger partial charge on any atom is -0.337 e. The summed E-state index contributed by atoms with van der Waals surface area (Å²) in [5.41, 5.74) is 1.73. The molecule has 0 unspecified atom stereocenters. The molecule has 1 aromatic carbocycles. The van der Waals surface area contributed by atoms with Gasteiger partial charge in [0.2, 0.25) is 5.91 Å². The number of benzene rings is 1. The summed E-state index contributed by atoms with van der Waals surface area (Å²) in [5.74, 6) is 0.153. The monoisotopic (exact) mass is 381 g/mol. The largest absolute Gasteiger partial charge is 0.337 e. The molecule has 1 fully saturated rings. The molecule has 0 radical (unpaired) electrons. The Morgan fingerprint density at radius 3 is 2.63 bits per heavy atom. The first-order valence-corrected chi connectivity index (χ1v) is 10.5. The first-order valence-electron chi connectivity index (χ1n) is 9.63. The van der Waals surface area contributed by atoms with Crippen LogP contribution in [0.1, 0.15) is 55.2 Å². The van der Waals surface area contributed by atoms with E-state index < -0.39 is 5.54 Å². The number of carbonyl (C=O) groups excluding carboxylic acids is 1. The molecule has 3 rings (SSSR count). The summed E-state index contributed by atoms with van der Waals surface area (Å²) in [7, 11) is 0. The van der Waals surface area contributed by atoms with Gasteiger partial charge >= 0.3 is 0 Å². The van der Waals surface area contributed by atoms with Crippen molar-refractivity contribution in [2.24, 2.45) is 5.92 Å². The van der Waals surface area contributed by atoms with Gasteiger partial charge in [-0.1, -0.05) is 43.7 Å². The lowest BCUT2D eigenvalue weighted by Crippen LogP contribution is -2.49. The number of carbonyl (C=O) groups is 1. The zero-order chi connectivity index (χ0) is 19.3. The summed E-state index contributed by atoms with van der Waals surface area (Å²) in [6, 6.07) is 15.0. The lowest BCUT2D eigenvalue weighted by Gasteiger charge is -2.24. The number of nitriles is 1. The number of nitrogens with zero attached hydrogens (tertiary/aromatic N) is 1. The van der Waals surface area contributed by atoms with E-state index >= 15 is 0 Å². The summed E-state index contributed by atoms with van der Waals surface area (Å²) in [5, 5.41) is 17.8. The van der Waals surface area contributed by atoms with Crippen LogP contribution >= 0.6 is 11.3 Å². The number of rotatable bonds is 9. The second-order valence-corrected chi connectivity index (χ2v) is 8.44. The molecule has 0 bridgehead atoms. The van der Waals surface area contributed by atoms with Gasteiger partial charge in [-0.2, -0.15) is 5.26 Å². The topological polar surface area (TPSA) is 64.9 Å². The van der Waals surface area contributed by atoms with Crippen LogP contribution in [-0.4, -0.2) is 18.0 Å². The van der Waals surface area contributed by atoms with Gasteiger partial charge in [-0.15, -0.1) is 11.3 Å². The molecule has 27 heavy (non-hydrogen) atoms. The second-order valence-electron chi connectivity index (χ2n) is 7.46. The van der Waals surface area contributed by atoms with E-state index in [9.17, 15) is 10.1 Å². The predicted molar refractivity (Wildman–Crippen MR) is 109 cm³/mol. The molecule has 4 nitrogen and oxygen atoms in total. The van der Waals surface area contributed by atoms with E-state index in [4.69, 9.17) is 0 Å². The van der Waals surface area contributed by atoms with Gasteiger partial charge in [-0.05, 0) is 54.7 Å². The van der Waals surface area contributed by atoms with E-state index in [2.05, 4.69) is 59.3 Å². The van der Waals surface area contributed by atoms with Crippen molar-refractivity contribution in [2.75, 3.05) is 6.54 Å². The van der Waals surface area contributed by atoms with Crippen LogP contribution in [0.15, 0.2) is 41.8 Å². The first kappa shape index (κ1) is 19.6. The molecule has 2 N–H and O–H groups in total. The Hall–Kier alpha value is -2.16. The van der Waals surface area contributed by atoms with Crippen molar-refractivity contribution < 1.29 is 4.79 Å². The molecule has 2 atom stereocenters. The average molecular weight is 382 g/mol. The summed E-state index contributed by atoms with van der Waals surface area (Å²) in [4.78, 5) is 13.7. The average Bonchev–Trinajstić information content (AvgIpc) is 3.40. The number of thiophene rings is 1. The van der Waals surface area contributed by atoms with E-state index in [-0.39, 0.29) is 24.4 Å². The maximum atomic E-state index is 12.5. The molecule has 1 aliphatic rings. The quantitative estimate of drug-likeness (QED) is 0.684. The molecule has 1 amide bonds. The normalized spacial score (nSPS) is 16.9. The van der Waals surface area contributed by atoms with Crippen LogP contribution in [-0.2, 0) is 11.2 Å². The molecule has 1 heterocycles. The Morgan fingerprint density at radius 1 is 1.33 bits per heavy atom. The Balaban J connectivity index is 1.67. The van der Waals surface area contributed by atoms with Crippen molar-refractivity contribution in [1.82, 2.24) is 10.6 Å². The maximum absolute atomic E-state index is 12.5. The Labute approximate surface area is 165 Å². The van der Waals surface area contributed by atoms with Crippen LogP contribution in [0.4, 0.5) is 0 Å². The van der Waals surface area contributed by atoms with Gasteiger partial charge in [0.15, 0.2) is 0 Å². The highest BCUT2D eigenvalue weighted by atomic mass is 32.1. The summed E-state index contributed by atoms with van der Waals surface area (Å²) >= 11 is 1.68. The van der Waals surface area contributed by atoms with E-state index in [1.54, 1.807) is 11.3 Å². The number of hydrogen-bond acceptors (Lipinski definition) is 4. The summed E-state index contributed by atoms with van der Waals surface area (Å²) in [6.07, 6.45) is 4.23. The number of hydrogen-bond donors (Lipinski definition) is 2. The smallest absolute Gasteiger partial charge is 0.235 e. The van der Waals surface area contributed by atoms with E-state index in [1.165, 1.54) is 10.4 Å². The third-order valence-corrected chi connectivity index (χ3v) is 6.11. The molecule has 2 aromatic rings. The van der Waals surface area contributed by atoms with Gasteiger partial charge < -0.3 is 5.32 Å². The minimum absolute atomic E-state index is 0.0271. The molecular formula is C22H27N3OS. The van der Waals surface area contributed by atoms with Gasteiger partial charge in [-0.3, -0.25) is 10.1 Å². The fraction of sp³-hybridized carbons (Fsp3) is 0.455. The van der Waals surface area contributed by atoms with E-state index in [0.717, 1.165) is 31.2 Å². The van der Waals surface area contributed by atoms with Gasteiger partial charge in [-0.25, -0.2) is 0 Å². The van der Waals surface area contributed by atoms with E-state index in [1.807, 2.05) is 13.0 Å². The SMILES string of the molecule is CCCc1ccc([C@H](NCC(=O)N[C@@](C)(C#N)C2CC2)c2cccs2)cc1. The standard InChI is InChI=1S/C22H27N3OS/c1-3-5-16-7-9-17(10-8-16)21(19-6-4-13-27-19)24-14-20(26)25-22(2,15-23)18-11-12-18/h4,6-10,13,18,21,24H,3,5,11-12,14H2,1-2H3,(H,25,26)/t21-,22-/m0/s1. The molecule has 0 spiro atoms. The van der Waals surface area contributed by atoms with Crippen LogP contribution < -0.4 is 10.6 Å². The summed E-state index contributed by atoms with van der Waals surface area (Å²) < 4.78 is 0. The van der Waals surface area contributed by atoms with Crippen molar-refractivity contribution in [2.45, 2.75) is 51.1 Å². The van der Waals surface area contributed by atoms with Crippen molar-refractivity contribution in [3.63, 3.8) is 0 Å². The lowest BCUT2D eigenvalue weighted by atomic mass is 9.98. The highest BCUT2D eigenvalue weighted by molar-refractivity contribution is 7.10. The van der Waals surface area contributed by atoms with Crippen LogP contribution in [0.2, 0.25) is 0 Å². The zero-order valence-corrected chi connectivity index (χ0v) is 16.8. The number of amides is 1. The fourth-order valence-electron chi connectivity index (χ4n) is 3.41. The fourth-order valence-corrected chi connectivity index (χ4v) is 4.24. The highest BCUT2D eigenvalue weighted by Crippen LogP contribution is 2.39. The van der Waals surface area contributed by atoms with Gasteiger partial charge in [0.25, 0.3) is 0 Å².